The average Bonchev–Trinajstić information content (AvgIpc) is 3.17. The Morgan fingerprint density at radius 2 is 2.20 bits per heavy atom. The Labute approximate surface area is 155 Å². The summed E-state index contributed by atoms with van der Waals surface area (Å²) < 4.78 is 0. The second-order valence-electron chi connectivity index (χ2n) is 6.30. The highest BCUT2D eigenvalue weighted by atomic mass is 35.5. The number of hydrogen-bond acceptors (Lipinski definition) is 3. The Morgan fingerprint density at radius 3 is 2.92 bits per heavy atom. The van der Waals surface area contributed by atoms with Crippen LogP contribution in [0.15, 0.2) is 29.1 Å². The summed E-state index contributed by atoms with van der Waals surface area (Å²) in [5.41, 5.74) is 6.09. The van der Waals surface area contributed by atoms with E-state index < -0.39 is 0 Å². The molecule has 1 saturated heterocycles. The molecule has 130 valence electrons. The highest BCUT2D eigenvalue weighted by Gasteiger charge is 2.19. The van der Waals surface area contributed by atoms with E-state index in [-0.39, 0.29) is 6.03 Å². The van der Waals surface area contributed by atoms with Crippen LogP contribution in [0.3, 0.4) is 0 Å². The number of fused-ring (bicyclic) bond motifs is 1. The molecule has 1 aliphatic heterocycles. The molecule has 0 bridgehead atoms. The van der Waals surface area contributed by atoms with Crippen molar-refractivity contribution < 1.29 is 4.79 Å². The molecule has 5 nitrogen and oxygen atoms in total. The number of carbonyl (C=O) groups is 1. The number of urea groups is 1. The van der Waals surface area contributed by atoms with E-state index in [0.717, 1.165) is 65.2 Å². The summed E-state index contributed by atoms with van der Waals surface area (Å²) >= 11 is 8.05. The number of benzene rings is 1. The minimum Gasteiger partial charge on any atom is -0.357 e. The lowest BCUT2D eigenvalue weighted by atomic mass is 10.1. The molecule has 25 heavy (non-hydrogen) atoms. The Balaban J connectivity index is 1.45. The number of aromatic nitrogens is 2. The average molecular weight is 375 g/mol. The number of amides is 2. The molecule has 1 aromatic carbocycles. The van der Waals surface area contributed by atoms with Crippen LogP contribution < -0.4 is 5.32 Å². The molecule has 0 saturated carbocycles. The lowest BCUT2D eigenvalue weighted by Gasteiger charge is -2.30. The zero-order chi connectivity index (χ0) is 17.2. The summed E-state index contributed by atoms with van der Waals surface area (Å²) in [4.78, 5) is 21.4. The fourth-order valence-corrected chi connectivity index (χ4v) is 3.83. The van der Waals surface area contributed by atoms with Crippen LogP contribution in [0.1, 0.15) is 23.4 Å². The third-order valence-corrected chi connectivity index (χ3v) is 5.54. The van der Waals surface area contributed by atoms with Crippen molar-refractivity contribution in [3.8, 4) is 0 Å². The van der Waals surface area contributed by atoms with Gasteiger partial charge in [-0.15, -0.1) is 11.3 Å². The van der Waals surface area contributed by atoms with Gasteiger partial charge in [0, 0.05) is 40.1 Å². The molecule has 0 spiro atoms. The zero-order valence-corrected chi connectivity index (χ0v) is 15.3. The van der Waals surface area contributed by atoms with Gasteiger partial charge in [-0.3, -0.25) is 0 Å². The minimum absolute atomic E-state index is 0.00638. The molecule has 0 radical (unpaired) electrons. The first-order valence-corrected chi connectivity index (χ1v) is 9.71. The standard InChI is InChI=1S/C18H19ClN4OS/c19-16-7-13-6-15(9-20-18(24)23-4-1-5-23)22-17(13)8-12(16)2-3-14-10-25-11-21-14/h6-8,10-11,22H,1-5,9H2,(H,20,24). The molecule has 4 rings (SSSR count). The van der Waals surface area contributed by atoms with Crippen molar-refractivity contribution in [3.63, 3.8) is 0 Å². The van der Waals surface area contributed by atoms with Gasteiger partial charge in [0.1, 0.15) is 0 Å². The molecule has 0 unspecified atom stereocenters. The molecule has 7 heteroatoms. The second kappa shape index (κ2) is 7.06. The predicted molar refractivity (Wildman–Crippen MR) is 101 cm³/mol. The normalized spacial score (nSPS) is 13.9. The third kappa shape index (κ3) is 3.65. The Bertz CT molecular complexity index is 886. The monoisotopic (exact) mass is 374 g/mol. The lowest BCUT2D eigenvalue weighted by Crippen LogP contribution is -2.47. The van der Waals surface area contributed by atoms with E-state index in [4.69, 9.17) is 11.6 Å². The molecular weight excluding hydrogens is 356 g/mol. The Kier molecular flexibility index (Phi) is 4.63. The van der Waals surface area contributed by atoms with Crippen LogP contribution in [-0.4, -0.2) is 34.0 Å². The molecule has 1 fully saturated rings. The van der Waals surface area contributed by atoms with Crippen LogP contribution >= 0.6 is 22.9 Å². The number of nitrogens with zero attached hydrogens (tertiary/aromatic N) is 2. The van der Waals surface area contributed by atoms with Crippen LogP contribution in [0.2, 0.25) is 5.02 Å². The van der Waals surface area contributed by atoms with E-state index in [1.165, 1.54) is 0 Å². The summed E-state index contributed by atoms with van der Waals surface area (Å²) in [6.45, 7) is 2.21. The largest absolute Gasteiger partial charge is 0.357 e. The first kappa shape index (κ1) is 16.4. The van der Waals surface area contributed by atoms with Crippen LogP contribution in [0.25, 0.3) is 10.9 Å². The molecule has 2 amide bonds. The molecule has 2 N–H and O–H groups in total. The van der Waals surface area contributed by atoms with Gasteiger partial charge in [0.05, 0.1) is 17.7 Å². The van der Waals surface area contributed by atoms with Gasteiger partial charge in [-0.25, -0.2) is 9.78 Å². The fraction of sp³-hybridized carbons (Fsp3) is 0.333. The Hall–Kier alpha value is -2.05. The van der Waals surface area contributed by atoms with Gasteiger partial charge in [-0.05, 0) is 43.0 Å². The maximum Gasteiger partial charge on any atom is 0.317 e. The van der Waals surface area contributed by atoms with Gasteiger partial charge in [-0.1, -0.05) is 11.6 Å². The van der Waals surface area contributed by atoms with Crippen molar-refractivity contribution in [2.45, 2.75) is 25.8 Å². The number of H-pyrrole nitrogens is 1. The molecule has 2 aromatic heterocycles. The summed E-state index contributed by atoms with van der Waals surface area (Å²) in [6.07, 6.45) is 2.84. The van der Waals surface area contributed by atoms with Crippen LogP contribution in [0.5, 0.6) is 0 Å². The first-order chi connectivity index (χ1) is 12.2. The molecule has 0 aliphatic carbocycles. The first-order valence-electron chi connectivity index (χ1n) is 8.39. The van der Waals surface area contributed by atoms with Gasteiger partial charge in [0.15, 0.2) is 0 Å². The lowest BCUT2D eigenvalue weighted by molar-refractivity contribution is 0.167. The Morgan fingerprint density at radius 1 is 1.32 bits per heavy atom. The zero-order valence-electron chi connectivity index (χ0n) is 13.7. The van der Waals surface area contributed by atoms with Crippen molar-refractivity contribution >= 4 is 39.9 Å². The van der Waals surface area contributed by atoms with E-state index >= 15 is 0 Å². The highest BCUT2D eigenvalue weighted by molar-refractivity contribution is 7.07. The maximum absolute atomic E-state index is 11.9. The number of rotatable bonds is 5. The van der Waals surface area contributed by atoms with Gasteiger partial charge < -0.3 is 15.2 Å². The van der Waals surface area contributed by atoms with Crippen molar-refractivity contribution in [1.82, 2.24) is 20.2 Å². The summed E-state index contributed by atoms with van der Waals surface area (Å²) in [6, 6.07) is 6.14. The smallest absolute Gasteiger partial charge is 0.317 e. The predicted octanol–water partition coefficient (Wildman–Crippen LogP) is 3.98. The SMILES string of the molecule is O=C(NCc1cc2cc(Cl)c(CCc3cscn3)cc2[nH]1)N1CCC1. The van der Waals surface area contributed by atoms with E-state index in [0.29, 0.717) is 6.54 Å². The molecule has 3 aromatic rings. The molecular formula is C18H19ClN4OS. The number of aryl methyl sites for hydroxylation is 2. The van der Waals surface area contributed by atoms with Gasteiger partial charge in [-0.2, -0.15) is 0 Å². The number of thiazole rings is 1. The number of hydrogen-bond donors (Lipinski definition) is 2. The van der Waals surface area contributed by atoms with Crippen molar-refractivity contribution in [2.75, 3.05) is 13.1 Å². The fourth-order valence-electron chi connectivity index (χ4n) is 2.97. The van der Waals surface area contributed by atoms with Gasteiger partial charge >= 0.3 is 6.03 Å². The maximum atomic E-state index is 11.9. The molecule has 3 heterocycles. The van der Waals surface area contributed by atoms with E-state index in [1.54, 1.807) is 11.3 Å². The van der Waals surface area contributed by atoms with Crippen LogP contribution in [0, 0.1) is 0 Å². The third-order valence-electron chi connectivity index (χ3n) is 4.55. The number of aromatic amines is 1. The number of nitrogens with one attached hydrogen (secondary N) is 2. The molecule has 1 aliphatic rings. The number of likely N-dealkylation sites (tertiary alicyclic amines) is 1. The quantitative estimate of drug-likeness (QED) is 0.709. The number of halogens is 1. The van der Waals surface area contributed by atoms with Crippen LogP contribution in [-0.2, 0) is 19.4 Å². The summed E-state index contributed by atoms with van der Waals surface area (Å²) in [5, 5.41) is 6.86. The van der Waals surface area contributed by atoms with Crippen molar-refractivity contribution in [1.29, 1.82) is 0 Å². The van der Waals surface area contributed by atoms with Crippen molar-refractivity contribution in [3.05, 3.63) is 51.1 Å². The van der Waals surface area contributed by atoms with Gasteiger partial charge in [0.25, 0.3) is 0 Å². The van der Waals surface area contributed by atoms with Crippen molar-refractivity contribution in [2.24, 2.45) is 0 Å². The molecule has 0 atom stereocenters. The topological polar surface area (TPSA) is 61.0 Å². The van der Waals surface area contributed by atoms with E-state index in [2.05, 4.69) is 26.7 Å². The summed E-state index contributed by atoms with van der Waals surface area (Å²) in [5.74, 6) is 0. The highest BCUT2D eigenvalue weighted by Crippen LogP contribution is 2.26. The minimum atomic E-state index is 0.00638. The second-order valence-corrected chi connectivity index (χ2v) is 7.43. The van der Waals surface area contributed by atoms with Crippen LogP contribution in [0.4, 0.5) is 4.79 Å². The van der Waals surface area contributed by atoms with Gasteiger partial charge in [0.2, 0.25) is 0 Å². The van der Waals surface area contributed by atoms with E-state index in [1.807, 2.05) is 22.5 Å². The number of carbonyl (C=O) groups excluding carboxylic acids is 1. The van der Waals surface area contributed by atoms with E-state index in [9.17, 15) is 4.79 Å². The summed E-state index contributed by atoms with van der Waals surface area (Å²) in [7, 11) is 0.